The van der Waals surface area contributed by atoms with E-state index in [9.17, 15) is 9.90 Å². The summed E-state index contributed by atoms with van der Waals surface area (Å²) in [7, 11) is 0. The van der Waals surface area contributed by atoms with Gasteiger partial charge < -0.3 is 15.6 Å². The second-order valence-electron chi connectivity index (χ2n) is 3.59. The molecule has 0 aromatic rings. The number of aliphatic carboxylic acids is 1. The van der Waals surface area contributed by atoms with E-state index in [1.165, 1.54) is 0 Å². The fraction of sp³-hybridized carbons (Fsp3) is 0.875. The highest BCUT2D eigenvalue weighted by atomic mass is 16.4. The predicted molar refractivity (Wildman–Crippen MR) is 38.3 cm³/mol. The second kappa shape index (κ2) is 2.81. The van der Waals surface area contributed by atoms with Gasteiger partial charge in [-0.2, -0.15) is 0 Å². The average molecular weight is 157 g/mol. The van der Waals surface area contributed by atoms with Crippen LogP contribution in [0.15, 0.2) is 0 Å². The number of carboxylic acid groups (broad SMARTS) is 1. The van der Waals surface area contributed by atoms with Crippen molar-refractivity contribution >= 4 is 5.97 Å². The zero-order valence-corrected chi connectivity index (χ0v) is 6.93. The summed E-state index contributed by atoms with van der Waals surface area (Å²) < 4.78 is 0. The van der Waals surface area contributed by atoms with E-state index in [0.29, 0.717) is 6.42 Å². The minimum absolute atomic E-state index is 0.168. The summed E-state index contributed by atoms with van der Waals surface area (Å²) in [5, 5.41) is 10.7. The molecule has 0 aromatic carbocycles. The maximum absolute atomic E-state index is 10.7. The van der Waals surface area contributed by atoms with Crippen molar-refractivity contribution in [3.63, 3.8) is 0 Å². The van der Waals surface area contributed by atoms with Crippen LogP contribution in [0.3, 0.4) is 0 Å². The summed E-state index contributed by atoms with van der Waals surface area (Å²) in [4.78, 5) is 10.7. The molecule has 2 atom stereocenters. The summed E-state index contributed by atoms with van der Waals surface area (Å²) in [5.74, 6) is -0.814. The molecular formula is C8H15NO2. The van der Waals surface area contributed by atoms with Crippen molar-refractivity contribution in [1.29, 1.82) is 0 Å². The Kier molecular flexibility index (Phi) is 2.18. The van der Waals surface area contributed by atoms with E-state index in [1.807, 2.05) is 6.92 Å². The van der Waals surface area contributed by atoms with Crippen molar-refractivity contribution < 1.29 is 15.6 Å². The van der Waals surface area contributed by atoms with Crippen LogP contribution in [0, 0.1) is 5.92 Å². The normalized spacial score (nSPS) is 38.5. The molecule has 1 rings (SSSR count). The van der Waals surface area contributed by atoms with Gasteiger partial charge in [0.05, 0.1) is 0 Å². The number of rotatable bonds is 1. The number of hydrogen-bond acceptors (Lipinski definition) is 2. The molecule has 64 valence electrons. The molecule has 0 radical (unpaired) electrons. The van der Waals surface area contributed by atoms with Gasteiger partial charge in [0.1, 0.15) is 11.5 Å². The first-order valence-corrected chi connectivity index (χ1v) is 4.14. The molecule has 3 nitrogen and oxygen atoms in total. The van der Waals surface area contributed by atoms with Crippen LogP contribution in [0.4, 0.5) is 0 Å². The van der Waals surface area contributed by atoms with Crippen LogP contribution in [0.5, 0.6) is 0 Å². The number of quaternary nitrogens is 1. The number of carboxylic acids is 1. The SMILES string of the molecule is C[C@@H]1CCCC[C@@]1([NH3+])C(=O)[O-]. The lowest BCUT2D eigenvalue weighted by Crippen LogP contribution is -2.82. The molecule has 1 aliphatic carbocycles. The Labute approximate surface area is 66.6 Å². The molecule has 0 heterocycles. The van der Waals surface area contributed by atoms with Gasteiger partial charge >= 0.3 is 0 Å². The molecule has 1 fully saturated rings. The molecule has 1 saturated carbocycles. The van der Waals surface area contributed by atoms with Gasteiger partial charge in [-0.1, -0.05) is 13.3 Å². The first kappa shape index (κ1) is 8.53. The minimum Gasteiger partial charge on any atom is -0.544 e. The van der Waals surface area contributed by atoms with Gasteiger partial charge in [0.15, 0.2) is 0 Å². The Balaban J connectivity index is 2.72. The summed E-state index contributed by atoms with van der Waals surface area (Å²) in [6.07, 6.45) is 3.75. The molecule has 0 aliphatic heterocycles. The molecule has 0 aromatic heterocycles. The monoisotopic (exact) mass is 157 g/mol. The Morgan fingerprint density at radius 1 is 1.64 bits per heavy atom. The van der Waals surface area contributed by atoms with Crippen LogP contribution in [0.25, 0.3) is 0 Å². The smallest absolute Gasteiger partial charge is 0.137 e. The van der Waals surface area contributed by atoms with Crippen LogP contribution in [0.1, 0.15) is 32.6 Å². The fourth-order valence-corrected chi connectivity index (χ4v) is 1.72. The van der Waals surface area contributed by atoms with Crippen molar-refractivity contribution in [2.75, 3.05) is 0 Å². The van der Waals surface area contributed by atoms with Crippen molar-refractivity contribution in [3.8, 4) is 0 Å². The van der Waals surface area contributed by atoms with Gasteiger partial charge in [0.2, 0.25) is 0 Å². The predicted octanol–water partition coefficient (Wildman–Crippen LogP) is -1.07. The third kappa shape index (κ3) is 1.38. The fourth-order valence-electron chi connectivity index (χ4n) is 1.72. The van der Waals surface area contributed by atoms with Crippen LogP contribution < -0.4 is 10.8 Å². The molecular weight excluding hydrogens is 142 g/mol. The van der Waals surface area contributed by atoms with Gasteiger partial charge in [-0.05, 0) is 12.8 Å². The van der Waals surface area contributed by atoms with Crippen molar-refractivity contribution in [1.82, 2.24) is 0 Å². The number of carbonyl (C=O) groups excluding carboxylic acids is 1. The molecule has 11 heavy (non-hydrogen) atoms. The molecule has 3 N–H and O–H groups in total. The lowest BCUT2D eigenvalue weighted by atomic mass is 9.74. The molecule has 0 unspecified atom stereocenters. The highest BCUT2D eigenvalue weighted by Gasteiger charge is 2.39. The molecule has 0 amide bonds. The quantitative estimate of drug-likeness (QED) is 0.526. The Hall–Kier alpha value is -0.570. The lowest BCUT2D eigenvalue weighted by Gasteiger charge is -2.36. The second-order valence-corrected chi connectivity index (χ2v) is 3.59. The molecule has 1 aliphatic rings. The molecule has 0 bridgehead atoms. The van der Waals surface area contributed by atoms with Crippen molar-refractivity contribution in [2.24, 2.45) is 5.92 Å². The Morgan fingerprint density at radius 2 is 2.27 bits per heavy atom. The van der Waals surface area contributed by atoms with Gasteiger partial charge in [-0.3, -0.25) is 0 Å². The topological polar surface area (TPSA) is 67.8 Å². The van der Waals surface area contributed by atoms with Crippen molar-refractivity contribution in [3.05, 3.63) is 0 Å². The van der Waals surface area contributed by atoms with Gasteiger partial charge in [-0.15, -0.1) is 0 Å². The van der Waals surface area contributed by atoms with E-state index < -0.39 is 11.5 Å². The van der Waals surface area contributed by atoms with E-state index in [-0.39, 0.29) is 5.92 Å². The first-order chi connectivity index (χ1) is 5.07. The number of hydrogen-bond donors (Lipinski definition) is 1. The van der Waals surface area contributed by atoms with E-state index in [2.05, 4.69) is 5.73 Å². The third-order valence-corrected chi connectivity index (χ3v) is 2.86. The summed E-state index contributed by atoms with van der Waals surface area (Å²) >= 11 is 0. The standard InChI is InChI=1S/C8H15NO2/c1-6-4-2-3-5-8(6,9)7(10)11/h6H,2-5,9H2,1H3,(H,10,11)/t6-,8+/m1/s1. The Morgan fingerprint density at radius 3 is 2.64 bits per heavy atom. The number of carbonyl (C=O) groups is 1. The zero-order valence-electron chi connectivity index (χ0n) is 6.93. The van der Waals surface area contributed by atoms with E-state index in [0.717, 1.165) is 19.3 Å². The highest BCUT2D eigenvalue weighted by Crippen LogP contribution is 2.29. The maximum atomic E-state index is 10.7. The van der Waals surface area contributed by atoms with Gasteiger partial charge in [0, 0.05) is 12.3 Å². The Bertz CT molecular complexity index is 169. The lowest BCUT2D eigenvalue weighted by molar-refractivity contribution is -0.502. The molecule has 3 heteroatoms. The van der Waals surface area contributed by atoms with Crippen LogP contribution >= 0.6 is 0 Å². The maximum Gasteiger partial charge on any atom is 0.137 e. The highest BCUT2D eigenvalue weighted by molar-refractivity contribution is 5.74. The van der Waals surface area contributed by atoms with Crippen LogP contribution in [-0.4, -0.2) is 11.5 Å². The summed E-state index contributed by atoms with van der Waals surface area (Å²) in [6, 6.07) is 0. The zero-order chi connectivity index (χ0) is 8.48. The minimum atomic E-state index is -0.982. The van der Waals surface area contributed by atoms with E-state index in [4.69, 9.17) is 0 Å². The summed E-state index contributed by atoms with van der Waals surface area (Å²) in [6.45, 7) is 1.95. The van der Waals surface area contributed by atoms with E-state index >= 15 is 0 Å². The third-order valence-electron chi connectivity index (χ3n) is 2.86. The molecule has 0 saturated heterocycles. The summed E-state index contributed by atoms with van der Waals surface area (Å²) in [5.41, 5.74) is 2.94. The average Bonchev–Trinajstić information content (AvgIpc) is 1.95. The van der Waals surface area contributed by atoms with Crippen molar-refractivity contribution in [2.45, 2.75) is 38.1 Å². The molecule has 0 spiro atoms. The van der Waals surface area contributed by atoms with Crippen LogP contribution in [0.2, 0.25) is 0 Å². The van der Waals surface area contributed by atoms with Gasteiger partial charge in [-0.25, -0.2) is 0 Å². The van der Waals surface area contributed by atoms with Crippen LogP contribution in [-0.2, 0) is 4.79 Å². The van der Waals surface area contributed by atoms with Gasteiger partial charge in [0.25, 0.3) is 0 Å². The first-order valence-electron chi connectivity index (χ1n) is 4.14. The van der Waals surface area contributed by atoms with E-state index in [1.54, 1.807) is 0 Å². The largest absolute Gasteiger partial charge is 0.544 e.